The Bertz CT molecular complexity index is 238. The van der Waals surface area contributed by atoms with Crippen molar-refractivity contribution in [2.75, 3.05) is 5.73 Å². The molecular weight excluding hydrogens is 144 g/mol. The number of hydrogen-bond donors (Lipinski definition) is 2. The van der Waals surface area contributed by atoms with Gasteiger partial charge in [0.1, 0.15) is 5.82 Å². The van der Waals surface area contributed by atoms with Crippen LogP contribution in [0.5, 0.6) is 5.88 Å². The highest BCUT2D eigenvalue weighted by atomic mass is 16.6. The summed E-state index contributed by atoms with van der Waals surface area (Å²) in [6.45, 7) is 1.50. The molecule has 60 valence electrons. The summed E-state index contributed by atoms with van der Waals surface area (Å²) >= 11 is 0. The topological polar surface area (TPSA) is 68.4 Å². The molecule has 1 aromatic heterocycles. The number of hydrogen-bond acceptors (Lipinski definition) is 4. The Labute approximate surface area is 64.6 Å². The smallest absolute Gasteiger partial charge is 0.217 e. The van der Waals surface area contributed by atoms with Gasteiger partial charge in [0.05, 0.1) is 0 Å². The Kier molecular flexibility index (Phi) is 2.28. The van der Waals surface area contributed by atoms with Crippen LogP contribution in [0.4, 0.5) is 5.82 Å². The molecule has 0 aliphatic rings. The molecule has 3 N–H and O–H groups in total. The zero-order valence-corrected chi connectivity index (χ0v) is 6.19. The van der Waals surface area contributed by atoms with Gasteiger partial charge < -0.3 is 15.6 Å². The Hall–Kier alpha value is -1.29. The molecule has 0 amide bonds. The van der Waals surface area contributed by atoms with Gasteiger partial charge in [-0.15, -0.1) is 0 Å². The van der Waals surface area contributed by atoms with E-state index < -0.39 is 6.29 Å². The van der Waals surface area contributed by atoms with Crippen molar-refractivity contribution in [3.8, 4) is 5.88 Å². The Morgan fingerprint density at radius 3 is 2.91 bits per heavy atom. The van der Waals surface area contributed by atoms with Gasteiger partial charge >= 0.3 is 0 Å². The third-order valence-electron chi connectivity index (χ3n) is 1.04. The predicted octanol–water partition coefficient (Wildman–Crippen LogP) is 0.381. The van der Waals surface area contributed by atoms with Gasteiger partial charge in [0.15, 0.2) is 6.29 Å². The van der Waals surface area contributed by atoms with Crippen molar-refractivity contribution in [3.05, 3.63) is 18.2 Å². The van der Waals surface area contributed by atoms with Crippen LogP contribution >= 0.6 is 0 Å². The predicted molar refractivity (Wildman–Crippen MR) is 41.0 cm³/mol. The molecule has 1 unspecified atom stereocenters. The van der Waals surface area contributed by atoms with Gasteiger partial charge in [-0.1, -0.05) is 6.07 Å². The Balaban J connectivity index is 2.71. The molecule has 0 radical (unpaired) electrons. The molecule has 4 nitrogen and oxygen atoms in total. The van der Waals surface area contributed by atoms with E-state index in [1.54, 1.807) is 18.2 Å². The van der Waals surface area contributed by atoms with Crippen LogP contribution in [0.25, 0.3) is 0 Å². The summed E-state index contributed by atoms with van der Waals surface area (Å²) in [5.41, 5.74) is 5.36. The standard InChI is InChI=1S/C7H10N2O2/c1-5(10)11-7-4-2-3-6(8)9-7/h2-5,10H,1H3,(H2,8,9). The average Bonchev–Trinajstić information content (AvgIpc) is 1.85. The average molecular weight is 154 g/mol. The van der Waals surface area contributed by atoms with E-state index in [1.165, 1.54) is 6.92 Å². The van der Waals surface area contributed by atoms with Crippen molar-refractivity contribution < 1.29 is 9.84 Å². The molecular formula is C7H10N2O2. The number of nitrogens with two attached hydrogens (primary N) is 1. The molecule has 0 bridgehead atoms. The highest BCUT2D eigenvalue weighted by Crippen LogP contribution is 2.09. The molecule has 0 spiro atoms. The molecule has 1 atom stereocenters. The van der Waals surface area contributed by atoms with Gasteiger partial charge in [0.2, 0.25) is 5.88 Å². The number of aliphatic hydroxyl groups is 1. The lowest BCUT2D eigenvalue weighted by molar-refractivity contribution is -0.00355. The quantitative estimate of drug-likeness (QED) is 0.604. The third-order valence-corrected chi connectivity index (χ3v) is 1.04. The maximum atomic E-state index is 8.79. The van der Waals surface area contributed by atoms with E-state index in [-0.39, 0.29) is 0 Å². The number of anilines is 1. The normalized spacial score (nSPS) is 12.5. The van der Waals surface area contributed by atoms with Gasteiger partial charge in [0, 0.05) is 6.07 Å². The summed E-state index contributed by atoms with van der Waals surface area (Å²) in [5, 5.41) is 8.79. The number of rotatable bonds is 2. The van der Waals surface area contributed by atoms with Gasteiger partial charge in [-0.05, 0) is 13.0 Å². The fourth-order valence-corrected chi connectivity index (χ4v) is 0.671. The van der Waals surface area contributed by atoms with E-state index in [2.05, 4.69) is 4.98 Å². The van der Waals surface area contributed by atoms with E-state index in [4.69, 9.17) is 15.6 Å². The summed E-state index contributed by atoms with van der Waals surface area (Å²) in [4.78, 5) is 3.81. The maximum Gasteiger partial charge on any atom is 0.217 e. The van der Waals surface area contributed by atoms with Gasteiger partial charge in [-0.2, -0.15) is 4.98 Å². The van der Waals surface area contributed by atoms with Crippen LogP contribution in [0.2, 0.25) is 0 Å². The molecule has 0 aromatic carbocycles. The highest BCUT2D eigenvalue weighted by molar-refractivity contribution is 5.30. The van der Waals surface area contributed by atoms with E-state index in [1.807, 2.05) is 0 Å². The Morgan fingerprint density at radius 1 is 1.64 bits per heavy atom. The molecule has 4 heteroatoms. The van der Waals surface area contributed by atoms with Gasteiger partial charge in [-0.25, -0.2) is 0 Å². The van der Waals surface area contributed by atoms with Crippen LogP contribution in [0, 0.1) is 0 Å². The number of aliphatic hydroxyl groups excluding tert-OH is 1. The minimum absolute atomic E-state index is 0.333. The van der Waals surface area contributed by atoms with Crippen LogP contribution < -0.4 is 10.5 Å². The summed E-state index contributed by atoms with van der Waals surface area (Å²) in [6, 6.07) is 4.98. The second kappa shape index (κ2) is 3.21. The zero-order chi connectivity index (χ0) is 8.27. The van der Waals surface area contributed by atoms with Crippen molar-refractivity contribution in [1.29, 1.82) is 0 Å². The number of pyridine rings is 1. The van der Waals surface area contributed by atoms with Crippen molar-refractivity contribution in [2.45, 2.75) is 13.2 Å². The maximum absolute atomic E-state index is 8.79. The van der Waals surface area contributed by atoms with Gasteiger partial charge in [0.25, 0.3) is 0 Å². The molecule has 0 aliphatic carbocycles. The molecule has 0 saturated carbocycles. The molecule has 1 aromatic rings. The molecule has 0 saturated heterocycles. The second-order valence-electron chi connectivity index (χ2n) is 2.12. The van der Waals surface area contributed by atoms with Crippen molar-refractivity contribution in [2.24, 2.45) is 0 Å². The van der Waals surface area contributed by atoms with E-state index in [0.29, 0.717) is 11.7 Å². The lowest BCUT2D eigenvalue weighted by atomic mass is 10.4. The number of nitrogen functional groups attached to an aromatic ring is 1. The van der Waals surface area contributed by atoms with Crippen LogP contribution in [-0.4, -0.2) is 16.4 Å². The largest absolute Gasteiger partial charge is 0.448 e. The SMILES string of the molecule is CC(O)Oc1cccc(N)n1. The third kappa shape index (κ3) is 2.43. The van der Waals surface area contributed by atoms with E-state index in [0.717, 1.165) is 0 Å². The fourth-order valence-electron chi connectivity index (χ4n) is 0.671. The van der Waals surface area contributed by atoms with E-state index in [9.17, 15) is 0 Å². The first kappa shape index (κ1) is 7.81. The first-order valence-corrected chi connectivity index (χ1v) is 3.26. The first-order valence-electron chi connectivity index (χ1n) is 3.26. The molecule has 1 heterocycles. The molecule has 1 rings (SSSR count). The fraction of sp³-hybridized carbons (Fsp3) is 0.286. The van der Waals surface area contributed by atoms with Crippen molar-refractivity contribution in [3.63, 3.8) is 0 Å². The summed E-state index contributed by atoms with van der Waals surface area (Å²) in [5.74, 6) is 0.711. The summed E-state index contributed by atoms with van der Waals surface area (Å²) < 4.78 is 4.86. The van der Waals surface area contributed by atoms with Crippen molar-refractivity contribution in [1.82, 2.24) is 4.98 Å². The minimum Gasteiger partial charge on any atom is -0.448 e. The molecule has 0 fully saturated rings. The lowest BCUT2D eigenvalue weighted by Gasteiger charge is -2.06. The first-order chi connectivity index (χ1) is 5.18. The number of nitrogens with zero attached hydrogens (tertiary/aromatic N) is 1. The minimum atomic E-state index is -0.857. The summed E-state index contributed by atoms with van der Waals surface area (Å²) in [7, 11) is 0. The van der Waals surface area contributed by atoms with Crippen LogP contribution in [0.1, 0.15) is 6.92 Å². The van der Waals surface area contributed by atoms with Crippen LogP contribution in [0.3, 0.4) is 0 Å². The van der Waals surface area contributed by atoms with E-state index >= 15 is 0 Å². The van der Waals surface area contributed by atoms with Crippen LogP contribution in [-0.2, 0) is 0 Å². The molecule has 0 aliphatic heterocycles. The van der Waals surface area contributed by atoms with Crippen LogP contribution in [0.15, 0.2) is 18.2 Å². The summed E-state index contributed by atoms with van der Waals surface area (Å²) in [6.07, 6.45) is -0.857. The van der Waals surface area contributed by atoms with Crippen molar-refractivity contribution >= 4 is 5.82 Å². The number of aromatic nitrogens is 1. The lowest BCUT2D eigenvalue weighted by Crippen LogP contribution is -2.10. The monoisotopic (exact) mass is 154 g/mol. The number of ether oxygens (including phenoxy) is 1. The van der Waals surface area contributed by atoms with Gasteiger partial charge in [-0.3, -0.25) is 0 Å². The second-order valence-corrected chi connectivity index (χ2v) is 2.12. The molecule has 11 heavy (non-hydrogen) atoms. The highest BCUT2D eigenvalue weighted by Gasteiger charge is 1.98. The zero-order valence-electron chi connectivity index (χ0n) is 6.19. The Morgan fingerprint density at radius 2 is 2.36 bits per heavy atom.